The van der Waals surface area contributed by atoms with Crippen molar-refractivity contribution in [1.82, 2.24) is 0 Å². The molecule has 0 atom stereocenters. The van der Waals surface area contributed by atoms with Gasteiger partial charge in [0.1, 0.15) is 0 Å². The van der Waals surface area contributed by atoms with Gasteiger partial charge in [-0.3, -0.25) is 0 Å². The molecule has 0 aromatic rings. The lowest BCUT2D eigenvalue weighted by Crippen LogP contribution is -2.46. The Labute approximate surface area is 80.5 Å². The van der Waals surface area contributed by atoms with E-state index in [2.05, 4.69) is 20.8 Å². The van der Waals surface area contributed by atoms with Gasteiger partial charge < -0.3 is 5.73 Å². The van der Waals surface area contributed by atoms with Crippen LogP contribution in [0.5, 0.6) is 0 Å². The van der Waals surface area contributed by atoms with E-state index in [1.807, 2.05) is 11.8 Å². The van der Waals surface area contributed by atoms with Gasteiger partial charge in [-0.25, -0.2) is 0 Å². The molecule has 1 rings (SSSR count). The average Bonchev–Trinajstić information content (AvgIpc) is 1.83. The maximum absolute atomic E-state index is 6.33. The summed E-state index contributed by atoms with van der Waals surface area (Å²) in [7, 11) is 0. The highest BCUT2D eigenvalue weighted by Gasteiger charge is 2.31. The van der Waals surface area contributed by atoms with E-state index in [-0.39, 0.29) is 5.54 Å². The minimum absolute atomic E-state index is 0.142. The largest absolute Gasteiger partial charge is 0.325 e. The molecule has 0 bridgehead atoms. The van der Waals surface area contributed by atoms with Gasteiger partial charge in [-0.2, -0.15) is 11.8 Å². The first kappa shape index (κ1) is 10.4. The third kappa shape index (κ3) is 3.36. The van der Waals surface area contributed by atoms with E-state index in [0.717, 1.165) is 0 Å². The molecule has 0 spiro atoms. The zero-order valence-corrected chi connectivity index (χ0v) is 9.34. The Morgan fingerprint density at radius 1 is 1.25 bits per heavy atom. The summed E-state index contributed by atoms with van der Waals surface area (Å²) in [6.45, 7) is 6.84. The van der Waals surface area contributed by atoms with Crippen LogP contribution in [0.25, 0.3) is 0 Å². The third-order valence-electron chi connectivity index (χ3n) is 2.37. The van der Waals surface area contributed by atoms with Crippen LogP contribution in [0.2, 0.25) is 0 Å². The maximum Gasteiger partial charge on any atom is 0.0175 e. The fraction of sp³-hybridized carbons (Fsp3) is 1.00. The van der Waals surface area contributed by atoms with Gasteiger partial charge in [0.2, 0.25) is 0 Å². The van der Waals surface area contributed by atoms with Crippen molar-refractivity contribution < 1.29 is 0 Å². The van der Waals surface area contributed by atoms with Gasteiger partial charge in [-0.1, -0.05) is 20.8 Å². The Morgan fingerprint density at radius 3 is 2.17 bits per heavy atom. The highest BCUT2D eigenvalue weighted by atomic mass is 32.2. The van der Waals surface area contributed by atoms with Crippen molar-refractivity contribution in [2.45, 2.75) is 45.6 Å². The van der Waals surface area contributed by atoms with Crippen molar-refractivity contribution in [3.8, 4) is 0 Å². The molecule has 0 radical (unpaired) electrons. The topological polar surface area (TPSA) is 26.0 Å². The average molecular weight is 187 g/mol. The molecule has 1 aliphatic heterocycles. The normalized spacial score (nSPS) is 24.0. The standard InChI is InChI=1S/C10H21NS/c1-9(2,3)8-10(11)4-6-12-7-5-10/h4-8,11H2,1-3H3. The SMILES string of the molecule is CC(C)(C)CC1(N)CCSCC1. The molecule has 12 heavy (non-hydrogen) atoms. The quantitative estimate of drug-likeness (QED) is 0.683. The lowest BCUT2D eigenvalue weighted by Gasteiger charge is -2.38. The Morgan fingerprint density at radius 2 is 1.75 bits per heavy atom. The van der Waals surface area contributed by atoms with E-state index in [0.29, 0.717) is 5.41 Å². The number of hydrogen-bond donors (Lipinski definition) is 1. The number of nitrogens with two attached hydrogens (primary N) is 1. The third-order valence-corrected chi connectivity index (χ3v) is 3.36. The Hall–Kier alpha value is 0.310. The van der Waals surface area contributed by atoms with E-state index in [4.69, 9.17) is 5.73 Å². The van der Waals surface area contributed by atoms with Crippen LogP contribution in [0.3, 0.4) is 0 Å². The molecule has 1 nitrogen and oxygen atoms in total. The highest BCUT2D eigenvalue weighted by Crippen LogP contribution is 2.34. The first-order valence-corrected chi connectivity index (χ1v) is 5.93. The molecule has 1 fully saturated rings. The molecule has 0 saturated carbocycles. The van der Waals surface area contributed by atoms with Crippen LogP contribution >= 0.6 is 11.8 Å². The monoisotopic (exact) mass is 187 g/mol. The molecule has 0 amide bonds. The summed E-state index contributed by atoms with van der Waals surface area (Å²) in [5, 5.41) is 0. The van der Waals surface area contributed by atoms with E-state index >= 15 is 0 Å². The molecule has 0 aromatic carbocycles. The number of thioether (sulfide) groups is 1. The molecular formula is C10H21NS. The van der Waals surface area contributed by atoms with Crippen molar-refractivity contribution >= 4 is 11.8 Å². The summed E-state index contributed by atoms with van der Waals surface area (Å²) in [4.78, 5) is 0. The van der Waals surface area contributed by atoms with Crippen LogP contribution in [0.4, 0.5) is 0 Å². The molecule has 0 aromatic heterocycles. The summed E-state index contributed by atoms with van der Waals surface area (Å²) in [5.41, 5.74) is 6.86. The first-order chi connectivity index (χ1) is 5.41. The van der Waals surface area contributed by atoms with Gasteiger partial charge in [0.25, 0.3) is 0 Å². The van der Waals surface area contributed by atoms with Crippen LogP contribution in [-0.4, -0.2) is 17.0 Å². The second-order valence-corrected chi connectivity index (χ2v) is 6.44. The predicted octanol–water partition coefficient (Wildman–Crippen LogP) is 2.65. The van der Waals surface area contributed by atoms with Crippen molar-refractivity contribution in [3.05, 3.63) is 0 Å². The highest BCUT2D eigenvalue weighted by molar-refractivity contribution is 7.99. The molecule has 72 valence electrons. The smallest absolute Gasteiger partial charge is 0.0175 e. The van der Waals surface area contributed by atoms with Crippen LogP contribution < -0.4 is 5.73 Å². The van der Waals surface area contributed by atoms with Crippen LogP contribution in [0.15, 0.2) is 0 Å². The van der Waals surface area contributed by atoms with Gasteiger partial charge >= 0.3 is 0 Å². The van der Waals surface area contributed by atoms with Gasteiger partial charge in [0.15, 0.2) is 0 Å². The maximum atomic E-state index is 6.33. The molecule has 1 heterocycles. The predicted molar refractivity (Wildman–Crippen MR) is 57.5 cm³/mol. The summed E-state index contributed by atoms with van der Waals surface area (Å²) >= 11 is 2.04. The Balaban J connectivity index is 2.47. The number of hydrogen-bond acceptors (Lipinski definition) is 2. The lowest BCUT2D eigenvalue weighted by atomic mass is 9.77. The van der Waals surface area contributed by atoms with Crippen molar-refractivity contribution in [2.24, 2.45) is 11.1 Å². The van der Waals surface area contributed by atoms with Crippen LogP contribution in [0, 0.1) is 5.41 Å². The minimum Gasteiger partial charge on any atom is -0.325 e. The van der Waals surface area contributed by atoms with Gasteiger partial charge in [0.05, 0.1) is 0 Å². The van der Waals surface area contributed by atoms with Gasteiger partial charge in [0, 0.05) is 5.54 Å². The molecule has 2 N–H and O–H groups in total. The van der Waals surface area contributed by atoms with Crippen molar-refractivity contribution in [2.75, 3.05) is 11.5 Å². The molecule has 2 heteroatoms. The zero-order chi connectivity index (χ0) is 9.24. The summed E-state index contributed by atoms with van der Waals surface area (Å²) in [6, 6.07) is 0. The fourth-order valence-electron chi connectivity index (χ4n) is 2.01. The van der Waals surface area contributed by atoms with Crippen LogP contribution in [0.1, 0.15) is 40.0 Å². The summed E-state index contributed by atoms with van der Waals surface area (Å²) in [6.07, 6.45) is 3.57. The number of rotatable bonds is 1. The first-order valence-electron chi connectivity index (χ1n) is 4.78. The van der Waals surface area contributed by atoms with Crippen LogP contribution in [-0.2, 0) is 0 Å². The molecule has 0 unspecified atom stereocenters. The molecule has 1 saturated heterocycles. The van der Waals surface area contributed by atoms with Gasteiger partial charge in [-0.05, 0) is 36.2 Å². The summed E-state index contributed by atoms with van der Waals surface area (Å²) in [5.74, 6) is 2.51. The van der Waals surface area contributed by atoms with Crippen molar-refractivity contribution in [3.63, 3.8) is 0 Å². The second-order valence-electron chi connectivity index (χ2n) is 5.21. The Bertz CT molecular complexity index is 142. The Kier molecular flexibility index (Phi) is 3.11. The summed E-state index contributed by atoms with van der Waals surface area (Å²) < 4.78 is 0. The zero-order valence-electron chi connectivity index (χ0n) is 8.52. The van der Waals surface area contributed by atoms with E-state index in [1.165, 1.54) is 30.8 Å². The minimum atomic E-state index is 0.142. The second kappa shape index (κ2) is 3.59. The molecular weight excluding hydrogens is 166 g/mol. The molecule has 0 aliphatic carbocycles. The fourth-order valence-corrected chi connectivity index (χ4v) is 3.32. The molecule has 1 aliphatic rings. The van der Waals surface area contributed by atoms with E-state index in [9.17, 15) is 0 Å². The van der Waals surface area contributed by atoms with Crippen molar-refractivity contribution in [1.29, 1.82) is 0 Å². The van der Waals surface area contributed by atoms with E-state index < -0.39 is 0 Å². The lowest BCUT2D eigenvalue weighted by molar-refractivity contribution is 0.241. The van der Waals surface area contributed by atoms with E-state index in [1.54, 1.807) is 0 Å². The van der Waals surface area contributed by atoms with Gasteiger partial charge in [-0.15, -0.1) is 0 Å².